The van der Waals surface area contributed by atoms with E-state index < -0.39 is 0 Å². The van der Waals surface area contributed by atoms with Gasteiger partial charge in [0.2, 0.25) is 0 Å². The van der Waals surface area contributed by atoms with Crippen molar-refractivity contribution >= 4 is 0 Å². The van der Waals surface area contributed by atoms with E-state index in [0.29, 0.717) is 0 Å². The van der Waals surface area contributed by atoms with Crippen molar-refractivity contribution in [3.05, 3.63) is 70.5 Å². The predicted octanol–water partition coefficient (Wildman–Crippen LogP) is 3.62. The molecule has 2 aromatic carbocycles. The van der Waals surface area contributed by atoms with Gasteiger partial charge < -0.3 is 5.32 Å². The van der Waals surface area contributed by atoms with Gasteiger partial charge in [0.05, 0.1) is 6.04 Å². The molecular weight excluding hydrogens is 237 g/mol. The van der Waals surface area contributed by atoms with Gasteiger partial charge in [-0.2, -0.15) is 0 Å². The fraction of sp³-hybridized carbons (Fsp3) is 0.294. The van der Waals surface area contributed by atoms with Crippen molar-refractivity contribution in [1.29, 1.82) is 0 Å². The highest BCUT2D eigenvalue weighted by Crippen LogP contribution is 2.28. The van der Waals surface area contributed by atoms with Crippen LogP contribution in [0.4, 0.5) is 4.39 Å². The van der Waals surface area contributed by atoms with Crippen molar-refractivity contribution in [3.63, 3.8) is 0 Å². The molecule has 2 heteroatoms. The summed E-state index contributed by atoms with van der Waals surface area (Å²) in [5.74, 6) is -0.182. The number of rotatable bonds is 3. The standard InChI is InChI=1S/C17H18FN/c1-19-17(14-6-3-7-16(18)11-14)15-9-8-12-4-2-5-13(12)10-15/h3,6-11,17,19H,2,4-5H2,1H3. The Morgan fingerprint density at radius 3 is 2.58 bits per heavy atom. The number of nitrogens with one attached hydrogen (secondary N) is 1. The molecule has 0 amide bonds. The Morgan fingerprint density at radius 2 is 1.79 bits per heavy atom. The van der Waals surface area contributed by atoms with Gasteiger partial charge in [-0.25, -0.2) is 4.39 Å². The summed E-state index contributed by atoms with van der Waals surface area (Å²) < 4.78 is 13.4. The second kappa shape index (κ2) is 5.14. The smallest absolute Gasteiger partial charge is 0.123 e. The molecule has 2 aromatic rings. The molecule has 1 aliphatic rings. The average molecular weight is 255 g/mol. The van der Waals surface area contributed by atoms with Gasteiger partial charge in [0.1, 0.15) is 5.82 Å². The maximum Gasteiger partial charge on any atom is 0.123 e. The first-order valence-corrected chi connectivity index (χ1v) is 6.82. The summed E-state index contributed by atoms with van der Waals surface area (Å²) in [6.45, 7) is 0. The minimum Gasteiger partial charge on any atom is -0.309 e. The molecule has 1 aliphatic carbocycles. The molecule has 1 unspecified atom stereocenters. The van der Waals surface area contributed by atoms with E-state index in [0.717, 1.165) is 5.56 Å². The third-order valence-electron chi connectivity index (χ3n) is 3.93. The van der Waals surface area contributed by atoms with Crippen LogP contribution in [0, 0.1) is 5.82 Å². The first kappa shape index (κ1) is 12.4. The van der Waals surface area contributed by atoms with E-state index in [4.69, 9.17) is 0 Å². The summed E-state index contributed by atoms with van der Waals surface area (Å²) in [6.07, 6.45) is 3.62. The molecule has 0 aromatic heterocycles. The van der Waals surface area contributed by atoms with E-state index in [9.17, 15) is 4.39 Å². The van der Waals surface area contributed by atoms with Gasteiger partial charge in [0.25, 0.3) is 0 Å². The lowest BCUT2D eigenvalue weighted by Gasteiger charge is -2.18. The number of fused-ring (bicyclic) bond motifs is 1. The number of hydrogen-bond donors (Lipinski definition) is 1. The predicted molar refractivity (Wildman–Crippen MR) is 75.8 cm³/mol. The van der Waals surface area contributed by atoms with Crippen LogP contribution in [-0.4, -0.2) is 7.05 Å². The molecule has 0 spiro atoms. The number of halogens is 1. The number of benzene rings is 2. The average Bonchev–Trinajstić information content (AvgIpc) is 2.87. The SMILES string of the molecule is CNC(c1cccc(F)c1)c1ccc2c(c1)CCC2. The van der Waals surface area contributed by atoms with Gasteiger partial charge in [-0.1, -0.05) is 30.3 Å². The molecule has 0 saturated heterocycles. The van der Waals surface area contributed by atoms with Crippen LogP contribution in [0.15, 0.2) is 42.5 Å². The molecule has 0 heterocycles. The molecule has 98 valence electrons. The summed E-state index contributed by atoms with van der Waals surface area (Å²) in [4.78, 5) is 0. The monoisotopic (exact) mass is 255 g/mol. The van der Waals surface area contributed by atoms with Crippen molar-refractivity contribution in [2.45, 2.75) is 25.3 Å². The lowest BCUT2D eigenvalue weighted by Crippen LogP contribution is -2.18. The number of hydrogen-bond acceptors (Lipinski definition) is 1. The molecule has 0 radical (unpaired) electrons. The van der Waals surface area contributed by atoms with E-state index >= 15 is 0 Å². The first-order chi connectivity index (χ1) is 9.28. The normalized spacial score (nSPS) is 15.3. The molecule has 1 atom stereocenters. The van der Waals surface area contributed by atoms with E-state index in [-0.39, 0.29) is 11.9 Å². The van der Waals surface area contributed by atoms with Crippen molar-refractivity contribution in [2.75, 3.05) is 7.05 Å². The zero-order chi connectivity index (χ0) is 13.2. The van der Waals surface area contributed by atoms with E-state index in [1.807, 2.05) is 13.1 Å². The number of aryl methyl sites for hydroxylation is 2. The zero-order valence-electron chi connectivity index (χ0n) is 11.1. The first-order valence-electron chi connectivity index (χ1n) is 6.82. The summed E-state index contributed by atoms with van der Waals surface area (Å²) in [6, 6.07) is 13.5. The second-order valence-electron chi connectivity index (χ2n) is 5.16. The van der Waals surface area contributed by atoms with Crippen molar-refractivity contribution in [3.8, 4) is 0 Å². The molecule has 0 bridgehead atoms. The summed E-state index contributed by atoms with van der Waals surface area (Å²) >= 11 is 0. The molecule has 0 aliphatic heterocycles. The molecule has 3 rings (SSSR count). The minimum absolute atomic E-state index is 0.0570. The van der Waals surface area contributed by atoms with Gasteiger partial charge in [0.15, 0.2) is 0 Å². The zero-order valence-corrected chi connectivity index (χ0v) is 11.1. The van der Waals surface area contributed by atoms with Gasteiger partial charge in [-0.15, -0.1) is 0 Å². The van der Waals surface area contributed by atoms with Gasteiger partial charge in [0, 0.05) is 0 Å². The highest BCUT2D eigenvalue weighted by molar-refractivity contribution is 5.40. The Kier molecular flexibility index (Phi) is 3.34. The molecule has 19 heavy (non-hydrogen) atoms. The largest absolute Gasteiger partial charge is 0.309 e. The third kappa shape index (κ3) is 2.41. The molecular formula is C17H18FN. The summed E-state index contributed by atoms with van der Waals surface area (Å²) in [5.41, 5.74) is 5.11. The maximum absolute atomic E-state index is 13.4. The highest BCUT2D eigenvalue weighted by Gasteiger charge is 2.16. The van der Waals surface area contributed by atoms with E-state index in [1.54, 1.807) is 12.1 Å². The van der Waals surface area contributed by atoms with Crippen LogP contribution in [0.25, 0.3) is 0 Å². The van der Waals surface area contributed by atoms with Crippen LogP contribution in [0.3, 0.4) is 0 Å². The Hall–Kier alpha value is -1.67. The Labute approximate surface area is 113 Å². The fourth-order valence-electron chi connectivity index (χ4n) is 2.98. The topological polar surface area (TPSA) is 12.0 Å². The Morgan fingerprint density at radius 1 is 1.00 bits per heavy atom. The molecule has 0 fully saturated rings. The van der Waals surface area contributed by atoms with Crippen LogP contribution >= 0.6 is 0 Å². The van der Waals surface area contributed by atoms with Gasteiger partial charge >= 0.3 is 0 Å². The third-order valence-corrected chi connectivity index (χ3v) is 3.93. The summed E-state index contributed by atoms with van der Waals surface area (Å²) in [5, 5.41) is 3.29. The van der Waals surface area contributed by atoms with Crippen LogP contribution in [0.1, 0.15) is 34.7 Å². The molecule has 1 N–H and O–H groups in total. The van der Waals surface area contributed by atoms with E-state index in [1.165, 1.54) is 42.0 Å². The van der Waals surface area contributed by atoms with E-state index in [2.05, 4.69) is 23.5 Å². The summed E-state index contributed by atoms with van der Waals surface area (Å²) in [7, 11) is 1.92. The van der Waals surface area contributed by atoms with Crippen molar-refractivity contribution in [1.82, 2.24) is 5.32 Å². The quantitative estimate of drug-likeness (QED) is 0.883. The lowest BCUT2D eigenvalue weighted by molar-refractivity contribution is 0.616. The maximum atomic E-state index is 13.4. The van der Waals surface area contributed by atoms with Gasteiger partial charge in [-0.05, 0) is 60.7 Å². The van der Waals surface area contributed by atoms with Crippen LogP contribution < -0.4 is 5.32 Å². The van der Waals surface area contributed by atoms with Crippen LogP contribution in [0.2, 0.25) is 0 Å². The van der Waals surface area contributed by atoms with Crippen LogP contribution in [0.5, 0.6) is 0 Å². The Bertz CT molecular complexity index is 592. The molecule has 1 nitrogen and oxygen atoms in total. The highest BCUT2D eigenvalue weighted by atomic mass is 19.1. The second-order valence-corrected chi connectivity index (χ2v) is 5.16. The van der Waals surface area contributed by atoms with Crippen molar-refractivity contribution in [2.24, 2.45) is 0 Å². The van der Waals surface area contributed by atoms with Gasteiger partial charge in [-0.3, -0.25) is 0 Å². The van der Waals surface area contributed by atoms with Crippen LogP contribution in [-0.2, 0) is 12.8 Å². The molecule has 0 saturated carbocycles. The lowest BCUT2D eigenvalue weighted by atomic mass is 9.96. The fourth-order valence-corrected chi connectivity index (χ4v) is 2.98. The minimum atomic E-state index is -0.182. The Balaban J connectivity index is 1.98. The van der Waals surface area contributed by atoms with Crippen molar-refractivity contribution < 1.29 is 4.39 Å².